The molecule has 1 atom stereocenters. The van der Waals surface area contributed by atoms with Gasteiger partial charge >= 0.3 is 0 Å². The van der Waals surface area contributed by atoms with Crippen molar-refractivity contribution < 1.29 is 4.58 Å². The number of allylic oxidation sites excluding steroid dienone is 2. The highest BCUT2D eigenvalue weighted by atomic mass is 15.0. The molecule has 0 aliphatic rings. The smallest absolute Gasteiger partial charge is 0.214 e. The third-order valence-electron chi connectivity index (χ3n) is 3.84. The number of hydrogen-bond donors (Lipinski definition) is 1. The normalized spacial score (nSPS) is 11.8. The Kier molecular flexibility index (Phi) is 7.25. The summed E-state index contributed by atoms with van der Waals surface area (Å²) in [6, 6.07) is 22.4. The van der Waals surface area contributed by atoms with E-state index in [1.807, 2.05) is 71.3 Å². The zero-order valence-electron chi connectivity index (χ0n) is 14.8. The van der Waals surface area contributed by atoms with Crippen LogP contribution in [0.1, 0.15) is 20.3 Å². The number of benzene rings is 2. The van der Waals surface area contributed by atoms with E-state index in [9.17, 15) is 5.26 Å². The lowest BCUT2D eigenvalue weighted by Crippen LogP contribution is -2.16. The van der Waals surface area contributed by atoms with Crippen molar-refractivity contribution in [1.29, 1.82) is 5.26 Å². The van der Waals surface area contributed by atoms with Crippen molar-refractivity contribution in [3.8, 4) is 6.07 Å². The largest absolute Gasteiger partial charge is 0.379 e. The molecule has 0 saturated heterocycles. The average Bonchev–Trinajstić information content (AvgIpc) is 2.68. The summed E-state index contributed by atoms with van der Waals surface area (Å²) in [6.45, 7) is 4.95. The van der Waals surface area contributed by atoms with Gasteiger partial charge in [-0.3, -0.25) is 0 Å². The maximum atomic E-state index is 9.46. The Bertz CT molecular complexity index is 792. The van der Waals surface area contributed by atoms with E-state index in [1.54, 1.807) is 6.08 Å². The first-order valence-corrected chi connectivity index (χ1v) is 8.62. The van der Waals surface area contributed by atoms with E-state index in [4.69, 9.17) is 0 Å². The number of hydrogen-bond acceptors (Lipinski definition) is 2. The number of rotatable bonds is 7. The molecule has 126 valence electrons. The lowest BCUT2D eigenvalue weighted by atomic mass is 10.1. The van der Waals surface area contributed by atoms with Crippen LogP contribution in [0.15, 0.2) is 78.4 Å². The second kappa shape index (κ2) is 9.93. The molecule has 0 aliphatic heterocycles. The maximum Gasteiger partial charge on any atom is 0.214 e. The predicted octanol–water partition coefficient (Wildman–Crippen LogP) is 4.92. The summed E-state index contributed by atoms with van der Waals surface area (Å²) >= 11 is 0. The SMILES string of the molecule is CCC(C=C(C#N)C=C=[N+](CC)c1ccccc1)Nc1ccccc1. The number of nitrogens with zero attached hydrogens (tertiary/aromatic N) is 2. The quantitative estimate of drug-likeness (QED) is 0.339. The molecule has 1 unspecified atom stereocenters. The van der Waals surface area contributed by atoms with Gasteiger partial charge in [-0.05, 0) is 31.6 Å². The first kappa shape index (κ1) is 18.3. The summed E-state index contributed by atoms with van der Waals surface area (Å²) in [5, 5.41) is 12.9. The molecule has 2 aromatic rings. The molecule has 0 radical (unpaired) electrons. The molecule has 2 rings (SSSR count). The van der Waals surface area contributed by atoms with E-state index in [-0.39, 0.29) is 6.04 Å². The molecular weight excluding hydrogens is 306 g/mol. The van der Waals surface area contributed by atoms with Crippen LogP contribution in [-0.4, -0.2) is 23.0 Å². The third kappa shape index (κ3) is 5.80. The monoisotopic (exact) mass is 330 g/mol. The molecule has 0 bridgehead atoms. The summed E-state index contributed by atoms with van der Waals surface area (Å²) in [6.07, 6.45) is 4.61. The van der Waals surface area contributed by atoms with Gasteiger partial charge in [0, 0.05) is 23.9 Å². The van der Waals surface area contributed by atoms with Gasteiger partial charge in [0.05, 0.1) is 17.7 Å². The van der Waals surface area contributed by atoms with E-state index in [1.165, 1.54) is 0 Å². The summed E-state index contributed by atoms with van der Waals surface area (Å²) in [7, 11) is 0. The van der Waals surface area contributed by atoms with Gasteiger partial charge in [-0.1, -0.05) is 43.3 Å². The highest BCUT2D eigenvalue weighted by Crippen LogP contribution is 2.12. The van der Waals surface area contributed by atoms with E-state index >= 15 is 0 Å². The van der Waals surface area contributed by atoms with Gasteiger partial charge in [-0.25, -0.2) is 0 Å². The molecule has 0 spiro atoms. The van der Waals surface area contributed by atoms with Crippen molar-refractivity contribution in [2.45, 2.75) is 26.3 Å². The van der Waals surface area contributed by atoms with Crippen LogP contribution in [-0.2, 0) is 0 Å². The van der Waals surface area contributed by atoms with Gasteiger partial charge in [0.15, 0.2) is 12.4 Å². The lowest BCUT2D eigenvalue weighted by Gasteiger charge is -2.14. The van der Waals surface area contributed by atoms with Gasteiger partial charge in [-0.2, -0.15) is 9.84 Å². The number of para-hydroxylation sites is 2. The van der Waals surface area contributed by atoms with E-state index < -0.39 is 0 Å². The van der Waals surface area contributed by atoms with Gasteiger partial charge in [-0.15, -0.1) is 0 Å². The molecule has 3 nitrogen and oxygen atoms in total. The summed E-state index contributed by atoms with van der Waals surface area (Å²) in [5.41, 5.74) is 2.72. The molecule has 0 heterocycles. The lowest BCUT2D eigenvalue weighted by molar-refractivity contribution is -0.428. The topological polar surface area (TPSA) is 38.8 Å². The van der Waals surface area contributed by atoms with Gasteiger partial charge < -0.3 is 5.32 Å². The second-order valence-corrected chi connectivity index (χ2v) is 5.61. The van der Waals surface area contributed by atoms with Crippen LogP contribution >= 0.6 is 0 Å². The van der Waals surface area contributed by atoms with Crippen LogP contribution in [0.5, 0.6) is 0 Å². The Balaban J connectivity index is 2.23. The first-order chi connectivity index (χ1) is 12.3. The van der Waals surface area contributed by atoms with Crippen molar-refractivity contribution in [2.75, 3.05) is 11.9 Å². The van der Waals surface area contributed by atoms with E-state index in [0.717, 1.165) is 24.3 Å². The van der Waals surface area contributed by atoms with E-state index in [2.05, 4.69) is 31.1 Å². The van der Waals surface area contributed by atoms with Crippen LogP contribution in [0.3, 0.4) is 0 Å². The number of anilines is 1. The Labute approximate surface area is 150 Å². The first-order valence-electron chi connectivity index (χ1n) is 8.62. The third-order valence-corrected chi connectivity index (χ3v) is 3.84. The Morgan fingerprint density at radius 3 is 2.28 bits per heavy atom. The standard InChI is InChI=1S/C22H24N3/c1-3-20(24-21-11-7-5-8-12-21)17-19(18-23)15-16-25(4-2)22-13-9-6-10-14-22/h5-15,17,20,24H,3-4H2,1-2H3/q+1. The molecular formula is C22H24N3+. The Morgan fingerprint density at radius 2 is 1.72 bits per heavy atom. The average molecular weight is 330 g/mol. The van der Waals surface area contributed by atoms with Crippen LogP contribution in [0, 0.1) is 11.3 Å². The number of nitriles is 1. The van der Waals surface area contributed by atoms with Crippen molar-refractivity contribution in [2.24, 2.45) is 0 Å². The minimum absolute atomic E-state index is 0.0990. The second-order valence-electron chi connectivity index (χ2n) is 5.61. The molecule has 0 aliphatic carbocycles. The summed E-state index contributed by atoms with van der Waals surface area (Å²) < 4.78 is 2.00. The molecule has 1 N–H and O–H groups in total. The Hall–Kier alpha value is -3.08. The van der Waals surface area contributed by atoms with Crippen LogP contribution in [0.4, 0.5) is 11.4 Å². The fraction of sp³-hybridized carbons (Fsp3) is 0.227. The Morgan fingerprint density at radius 1 is 1.08 bits per heavy atom. The van der Waals surface area contributed by atoms with Crippen molar-refractivity contribution in [3.05, 3.63) is 78.4 Å². The fourth-order valence-corrected chi connectivity index (χ4v) is 2.45. The summed E-state index contributed by atoms with van der Waals surface area (Å²) in [5.74, 6) is 3.22. The van der Waals surface area contributed by atoms with Crippen molar-refractivity contribution in [1.82, 2.24) is 0 Å². The highest BCUT2D eigenvalue weighted by Gasteiger charge is 2.06. The van der Waals surface area contributed by atoms with Gasteiger partial charge in [0.25, 0.3) is 0 Å². The molecule has 0 aromatic heterocycles. The predicted molar refractivity (Wildman–Crippen MR) is 104 cm³/mol. The summed E-state index contributed by atoms with van der Waals surface area (Å²) in [4.78, 5) is 0. The van der Waals surface area contributed by atoms with Crippen LogP contribution in [0.2, 0.25) is 0 Å². The minimum atomic E-state index is 0.0990. The molecule has 25 heavy (non-hydrogen) atoms. The zero-order valence-corrected chi connectivity index (χ0v) is 14.8. The molecule has 0 fully saturated rings. The van der Waals surface area contributed by atoms with Gasteiger partial charge in [0.1, 0.15) is 0 Å². The van der Waals surface area contributed by atoms with Crippen molar-refractivity contribution in [3.63, 3.8) is 0 Å². The molecule has 2 aromatic carbocycles. The number of nitrogens with one attached hydrogen (secondary N) is 1. The fourth-order valence-electron chi connectivity index (χ4n) is 2.45. The molecule has 3 heteroatoms. The molecule has 0 amide bonds. The van der Waals surface area contributed by atoms with Gasteiger partial charge in [0.2, 0.25) is 5.69 Å². The van der Waals surface area contributed by atoms with E-state index in [0.29, 0.717) is 5.57 Å². The minimum Gasteiger partial charge on any atom is -0.379 e. The van der Waals surface area contributed by atoms with Crippen molar-refractivity contribution >= 4 is 17.2 Å². The molecule has 0 saturated carbocycles. The van der Waals surface area contributed by atoms with Crippen LogP contribution in [0.25, 0.3) is 0 Å². The zero-order chi connectivity index (χ0) is 17.9. The van der Waals surface area contributed by atoms with Crippen LogP contribution < -0.4 is 5.32 Å². The highest BCUT2D eigenvalue weighted by molar-refractivity contribution is 5.58. The maximum absolute atomic E-state index is 9.46.